The molecule has 0 saturated carbocycles. The van der Waals surface area contributed by atoms with Crippen molar-refractivity contribution in [3.05, 3.63) is 29.8 Å². The van der Waals surface area contributed by atoms with Crippen LogP contribution in [0.4, 0.5) is 0 Å². The van der Waals surface area contributed by atoms with E-state index in [4.69, 9.17) is 18.5 Å². The van der Waals surface area contributed by atoms with Crippen LogP contribution in [0, 0.1) is 0 Å². The van der Waals surface area contributed by atoms with E-state index in [0.29, 0.717) is 19.6 Å². The number of hydrogen-bond acceptors (Lipinski definition) is 7. The number of unbranched alkanes of at least 4 members (excludes halogenated alkanes) is 11. The summed E-state index contributed by atoms with van der Waals surface area (Å²) in [4.78, 5) is 20.7. The molecule has 208 valence electrons. The fraction of sp³-hybridized carbons (Fsp3) is 0.750. The molecule has 2 N–H and O–H groups in total. The SMILES string of the molecule is CCCCCCCCCCCCCCc1ccccc1OCC(COP(O)OCCNCC)OC=O. The number of para-hydroxylation sites is 1. The molecule has 0 saturated heterocycles. The number of nitrogens with one attached hydrogen (secondary N) is 1. The van der Waals surface area contributed by atoms with Crippen molar-refractivity contribution in [2.75, 3.05) is 32.9 Å². The minimum absolute atomic E-state index is 0.00303. The summed E-state index contributed by atoms with van der Waals surface area (Å²) in [6.07, 6.45) is 16.3. The average Bonchev–Trinajstić information content (AvgIpc) is 2.89. The summed E-state index contributed by atoms with van der Waals surface area (Å²) < 4.78 is 21.6. The summed E-state index contributed by atoms with van der Waals surface area (Å²) in [5.41, 5.74) is 1.16. The smallest absolute Gasteiger partial charge is 0.330 e. The molecule has 36 heavy (non-hydrogen) atoms. The minimum Gasteiger partial charge on any atom is -0.489 e. The Labute approximate surface area is 220 Å². The fourth-order valence-corrected chi connectivity index (χ4v) is 4.57. The zero-order valence-electron chi connectivity index (χ0n) is 22.6. The van der Waals surface area contributed by atoms with E-state index in [1.165, 1.54) is 70.6 Å². The summed E-state index contributed by atoms with van der Waals surface area (Å²) >= 11 is 0. The first-order valence-electron chi connectivity index (χ1n) is 14.0. The molecule has 2 atom stereocenters. The van der Waals surface area contributed by atoms with Gasteiger partial charge in [-0.1, -0.05) is 103 Å². The molecule has 2 unspecified atom stereocenters. The van der Waals surface area contributed by atoms with Crippen LogP contribution in [0.2, 0.25) is 0 Å². The minimum atomic E-state index is -2.02. The molecule has 0 bridgehead atoms. The second kappa shape index (κ2) is 24.1. The van der Waals surface area contributed by atoms with E-state index >= 15 is 0 Å². The van der Waals surface area contributed by atoms with Crippen molar-refractivity contribution in [2.24, 2.45) is 0 Å². The number of rotatable bonds is 26. The largest absolute Gasteiger partial charge is 0.489 e. The Bertz CT molecular complexity index is 636. The van der Waals surface area contributed by atoms with E-state index < -0.39 is 14.7 Å². The van der Waals surface area contributed by atoms with Gasteiger partial charge in [-0.25, -0.2) is 0 Å². The summed E-state index contributed by atoms with van der Waals surface area (Å²) in [6.45, 7) is 6.60. The number of carbonyl (C=O) groups is 1. The molecule has 0 heterocycles. The van der Waals surface area contributed by atoms with E-state index in [0.717, 1.165) is 30.7 Å². The topological polar surface area (TPSA) is 86.2 Å². The Morgan fingerprint density at radius 2 is 1.53 bits per heavy atom. The molecule has 0 amide bonds. The molecule has 0 fully saturated rings. The Morgan fingerprint density at radius 3 is 2.17 bits per heavy atom. The molecule has 7 nitrogen and oxygen atoms in total. The summed E-state index contributed by atoms with van der Waals surface area (Å²) in [5, 5.41) is 3.10. The lowest BCUT2D eigenvalue weighted by atomic mass is 10.0. The maximum Gasteiger partial charge on any atom is 0.330 e. The van der Waals surface area contributed by atoms with Crippen LogP contribution < -0.4 is 10.1 Å². The van der Waals surface area contributed by atoms with Gasteiger partial charge in [0.05, 0.1) is 13.2 Å². The highest BCUT2D eigenvalue weighted by atomic mass is 31.2. The number of aryl methyl sites for hydroxylation is 1. The number of carbonyl (C=O) groups excluding carboxylic acids is 1. The predicted octanol–water partition coefficient (Wildman–Crippen LogP) is 6.71. The third kappa shape index (κ3) is 18.1. The molecule has 1 rings (SSSR count). The Balaban J connectivity index is 2.24. The number of benzene rings is 1. The van der Waals surface area contributed by atoms with Crippen molar-refractivity contribution in [3.63, 3.8) is 0 Å². The van der Waals surface area contributed by atoms with Gasteiger partial charge in [0.15, 0.2) is 6.10 Å². The van der Waals surface area contributed by atoms with Gasteiger partial charge in [-0.3, -0.25) is 4.79 Å². The highest BCUT2D eigenvalue weighted by Gasteiger charge is 2.16. The maximum atomic E-state index is 10.9. The lowest BCUT2D eigenvalue weighted by Crippen LogP contribution is -2.26. The van der Waals surface area contributed by atoms with Crippen LogP contribution in [0.5, 0.6) is 5.75 Å². The highest BCUT2D eigenvalue weighted by Crippen LogP contribution is 2.32. The first-order chi connectivity index (χ1) is 17.7. The zero-order valence-corrected chi connectivity index (χ0v) is 23.5. The van der Waals surface area contributed by atoms with E-state index in [1.54, 1.807) is 0 Å². The lowest BCUT2D eigenvalue weighted by Gasteiger charge is -2.19. The van der Waals surface area contributed by atoms with Crippen LogP contribution in [-0.4, -0.2) is 50.4 Å². The molecule has 0 aromatic heterocycles. The van der Waals surface area contributed by atoms with Gasteiger partial charge in [0, 0.05) is 6.54 Å². The predicted molar refractivity (Wildman–Crippen MR) is 147 cm³/mol. The van der Waals surface area contributed by atoms with Gasteiger partial charge in [0.1, 0.15) is 12.4 Å². The molecule has 0 aliphatic heterocycles. The standard InChI is InChI=1S/C28H50NO6P/c1-3-5-6-7-8-9-10-11-12-13-14-15-18-26-19-16-17-20-28(26)32-23-27(33-25-30)24-35-36(31)34-22-21-29-4-2/h16-17,19-20,25,27,29,31H,3-15,18,21-24H2,1-2H3. The van der Waals surface area contributed by atoms with Gasteiger partial charge in [0.2, 0.25) is 0 Å². The maximum absolute atomic E-state index is 10.9. The van der Waals surface area contributed by atoms with Crippen molar-refractivity contribution in [1.29, 1.82) is 0 Å². The molecule has 0 spiro atoms. The summed E-state index contributed by atoms with van der Waals surface area (Å²) in [6, 6.07) is 8.00. The van der Waals surface area contributed by atoms with Gasteiger partial charge < -0.3 is 28.7 Å². The van der Waals surface area contributed by atoms with Gasteiger partial charge in [-0.2, -0.15) is 0 Å². The number of hydrogen-bond donors (Lipinski definition) is 2. The number of likely N-dealkylation sites (N-methyl/N-ethyl adjacent to an activating group) is 1. The normalized spacial score (nSPS) is 12.9. The molecular weight excluding hydrogens is 477 g/mol. The van der Waals surface area contributed by atoms with Crippen molar-refractivity contribution in [2.45, 2.75) is 103 Å². The van der Waals surface area contributed by atoms with Gasteiger partial charge in [0.25, 0.3) is 6.47 Å². The quantitative estimate of drug-likeness (QED) is 0.0786. The Hall–Kier alpha value is -1.24. The van der Waals surface area contributed by atoms with E-state index in [9.17, 15) is 9.69 Å². The fourth-order valence-electron chi connectivity index (χ4n) is 3.95. The van der Waals surface area contributed by atoms with Crippen molar-refractivity contribution in [1.82, 2.24) is 5.32 Å². The second-order valence-corrected chi connectivity index (χ2v) is 10.1. The van der Waals surface area contributed by atoms with Crippen molar-refractivity contribution in [3.8, 4) is 5.75 Å². The van der Waals surface area contributed by atoms with Crippen LogP contribution in [0.15, 0.2) is 24.3 Å². The molecule has 0 radical (unpaired) electrons. The highest BCUT2D eigenvalue weighted by molar-refractivity contribution is 7.40. The number of ether oxygens (including phenoxy) is 2. The molecule has 0 aliphatic carbocycles. The van der Waals surface area contributed by atoms with Crippen molar-refractivity contribution < 1.29 is 28.2 Å². The zero-order chi connectivity index (χ0) is 26.1. The van der Waals surface area contributed by atoms with Gasteiger partial charge >= 0.3 is 8.60 Å². The van der Waals surface area contributed by atoms with Crippen LogP contribution in [0.1, 0.15) is 96.5 Å². The first-order valence-corrected chi connectivity index (χ1v) is 15.1. The lowest BCUT2D eigenvalue weighted by molar-refractivity contribution is -0.136. The molecule has 1 aromatic rings. The summed E-state index contributed by atoms with van der Waals surface area (Å²) in [7, 11) is -2.02. The molecule has 1 aromatic carbocycles. The van der Waals surface area contributed by atoms with Gasteiger partial charge in [-0.05, 0) is 31.0 Å². The Kier molecular flexibility index (Phi) is 22.0. The Morgan fingerprint density at radius 1 is 0.889 bits per heavy atom. The molecule has 0 aliphatic rings. The van der Waals surface area contributed by atoms with Crippen LogP contribution in [0.25, 0.3) is 0 Å². The van der Waals surface area contributed by atoms with Crippen LogP contribution in [-0.2, 0) is 25.0 Å². The second-order valence-electron chi connectivity index (χ2n) is 9.13. The van der Waals surface area contributed by atoms with E-state index in [-0.39, 0.29) is 13.2 Å². The van der Waals surface area contributed by atoms with Crippen molar-refractivity contribution >= 4 is 15.1 Å². The third-order valence-electron chi connectivity index (χ3n) is 6.05. The van der Waals surface area contributed by atoms with Crippen LogP contribution in [0.3, 0.4) is 0 Å². The van der Waals surface area contributed by atoms with Crippen LogP contribution >= 0.6 is 8.60 Å². The van der Waals surface area contributed by atoms with Gasteiger partial charge in [-0.15, -0.1) is 0 Å². The summed E-state index contributed by atoms with van der Waals surface area (Å²) in [5.74, 6) is 0.799. The monoisotopic (exact) mass is 527 g/mol. The third-order valence-corrected chi connectivity index (χ3v) is 6.82. The average molecular weight is 528 g/mol. The molecular formula is C28H50NO6P. The van der Waals surface area contributed by atoms with E-state index in [1.807, 2.05) is 25.1 Å². The first kappa shape index (κ1) is 32.8. The van der Waals surface area contributed by atoms with E-state index in [2.05, 4.69) is 18.3 Å². The molecule has 8 heteroatoms.